The minimum atomic E-state index is -3.35. The zero-order chi connectivity index (χ0) is 15.4. The van der Waals surface area contributed by atoms with Gasteiger partial charge in [0.25, 0.3) is 0 Å². The van der Waals surface area contributed by atoms with Crippen LogP contribution in [-0.2, 0) is 14.8 Å². The van der Waals surface area contributed by atoms with E-state index in [1.54, 1.807) is 0 Å². The van der Waals surface area contributed by atoms with Gasteiger partial charge in [-0.15, -0.1) is 0 Å². The molecule has 0 spiro atoms. The summed E-state index contributed by atoms with van der Waals surface area (Å²) in [5, 5.41) is 29.9. The Morgan fingerprint density at radius 3 is 2.30 bits per heavy atom. The molecule has 0 aromatic rings. The second-order valence-corrected chi connectivity index (χ2v) is 7.19. The normalized spacial score (nSPS) is 21.7. The van der Waals surface area contributed by atoms with E-state index in [0.29, 0.717) is 19.4 Å². The number of nitrogens with zero attached hydrogens (tertiary/aromatic N) is 1. The van der Waals surface area contributed by atoms with Crippen LogP contribution in [0.15, 0.2) is 0 Å². The van der Waals surface area contributed by atoms with Crippen LogP contribution in [0, 0.1) is 5.92 Å². The van der Waals surface area contributed by atoms with E-state index >= 15 is 0 Å². The molecule has 0 bridgehead atoms. The van der Waals surface area contributed by atoms with Gasteiger partial charge < -0.3 is 20.6 Å². The van der Waals surface area contributed by atoms with Gasteiger partial charge in [-0.05, 0) is 12.8 Å². The van der Waals surface area contributed by atoms with Crippen molar-refractivity contribution in [2.75, 3.05) is 39.2 Å². The van der Waals surface area contributed by atoms with Gasteiger partial charge >= 0.3 is 0 Å². The largest absolute Gasteiger partial charge is 0.394 e. The fraction of sp³-hybridized carbons (Fsp3) is 0.909. The van der Waals surface area contributed by atoms with Crippen molar-refractivity contribution < 1.29 is 28.5 Å². The maximum atomic E-state index is 12.1. The highest BCUT2D eigenvalue weighted by molar-refractivity contribution is 7.88. The summed E-state index contributed by atoms with van der Waals surface area (Å²) < 4.78 is 24.2. The lowest BCUT2D eigenvalue weighted by Crippen LogP contribution is -2.59. The summed E-state index contributed by atoms with van der Waals surface area (Å²) >= 11 is 0. The van der Waals surface area contributed by atoms with Crippen molar-refractivity contribution in [2.24, 2.45) is 5.92 Å². The molecular weight excluding hydrogens is 288 g/mol. The van der Waals surface area contributed by atoms with Crippen LogP contribution < -0.4 is 5.32 Å². The topological polar surface area (TPSA) is 127 Å². The number of aliphatic hydroxyl groups is 3. The van der Waals surface area contributed by atoms with Crippen LogP contribution in [0.5, 0.6) is 0 Å². The van der Waals surface area contributed by atoms with Gasteiger partial charge in [-0.25, -0.2) is 12.7 Å². The maximum absolute atomic E-state index is 12.1. The highest BCUT2D eigenvalue weighted by Crippen LogP contribution is 2.19. The number of sulfonamides is 1. The van der Waals surface area contributed by atoms with Gasteiger partial charge in [0.1, 0.15) is 5.54 Å². The molecular formula is C11H22N2O6S. The quantitative estimate of drug-likeness (QED) is 0.429. The summed E-state index contributed by atoms with van der Waals surface area (Å²) in [7, 11) is -3.35. The van der Waals surface area contributed by atoms with E-state index in [0.717, 1.165) is 6.26 Å². The average Bonchev–Trinajstić information content (AvgIpc) is 2.44. The fourth-order valence-electron chi connectivity index (χ4n) is 2.09. The first-order valence-corrected chi connectivity index (χ1v) is 8.22. The van der Waals surface area contributed by atoms with Crippen LogP contribution in [-0.4, -0.2) is 78.7 Å². The summed E-state index contributed by atoms with van der Waals surface area (Å²) in [4.78, 5) is 12.1. The minimum absolute atomic E-state index is 0.0725. The zero-order valence-electron chi connectivity index (χ0n) is 11.4. The Morgan fingerprint density at radius 2 is 1.85 bits per heavy atom. The first kappa shape index (κ1) is 17.3. The number of nitrogens with one attached hydrogen (secondary N) is 1. The number of rotatable bonds is 6. The lowest BCUT2D eigenvalue weighted by atomic mass is 9.96. The molecule has 1 aliphatic rings. The molecule has 8 nitrogen and oxygen atoms in total. The van der Waals surface area contributed by atoms with Crippen LogP contribution in [0.4, 0.5) is 0 Å². The number of piperidine rings is 1. The third-order valence-electron chi connectivity index (χ3n) is 3.52. The molecule has 1 heterocycles. The molecule has 0 aromatic heterocycles. The Balaban J connectivity index is 2.72. The summed E-state index contributed by atoms with van der Waals surface area (Å²) in [5.41, 5.74) is -1.48. The smallest absolute Gasteiger partial charge is 0.225 e. The number of aliphatic hydroxyl groups excluding tert-OH is 3. The van der Waals surface area contributed by atoms with E-state index in [9.17, 15) is 13.2 Å². The van der Waals surface area contributed by atoms with Gasteiger partial charge in [0.2, 0.25) is 15.9 Å². The number of carbonyl (C=O) groups excluding carboxylic acids is 1. The second-order valence-electron chi connectivity index (χ2n) is 5.20. The van der Waals surface area contributed by atoms with E-state index in [1.165, 1.54) is 4.31 Å². The van der Waals surface area contributed by atoms with Gasteiger partial charge in [-0.1, -0.05) is 0 Å². The maximum Gasteiger partial charge on any atom is 0.225 e. The summed E-state index contributed by atoms with van der Waals surface area (Å²) in [6, 6.07) is 0. The van der Waals surface area contributed by atoms with Crippen molar-refractivity contribution in [1.29, 1.82) is 0 Å². The third kappa shape index (κ3) is 4.13. The molecule has 0 aliphatic carbocycles. The monoisotopic (exact) mass is 310 g/mol. The second kappa shape index (κ2) is 6.81. The Morgan fingerprint density at radius 1 is 1.30 bits per heavy atom. The lowest BCUT2D eigenvalue weighted by molar-refractivity contribution is -0.130. The molecule has 1 fully saturated rings. The van der Waals surface area contributed by atoms with Crippen LogP contribution in [0.2, 0.25) is 0 Å². The van der Waals surface area contributed by atoms with Crippen molar-refractivity contribution >= 4 is 15.9 Å². The first-order chi connectivity index (χ1) is 9.28. The van der Waals surface area contributed by atoms with Crippen molar-refractivity contribution in [2.45, 2.75) is 18.4 Å². The highest BCUT2D eigenvalue weighted by atomic mass is 32.2. The number of amides is 1. The van der Waals surface area contributed by atoms with Crippen LogP contribution in [0.3, 0.4) is 0 Å². The third-order valence-corrected chi connectivity index (χ3v) is 4.79. The number of hydrogen-bond acceptors (Lipinski definition) is 6. The van der Waals surface area contributed by atoms with Crippen LogP contribution in [0.25, 0.3) is 0 Å². The van der Waals surface area contributed by atoms with E-state index < -0.39 is 47.2 Å². The van der Waals surface area contributed by atoms with Gasteiger partial charge in [0.15, 0.2) is 0 Å². The van der Waals surface area contributed by atoms with E-state index in [-0.39, 0.29) is 6.54 Å². The molecule has 1 amide bonds. The molecule has 0 aromatic carbocycles. The van der Waals surface area contributed by atoms with Crippen LogP contribution >= 0.6 is 0 Å². The number of hydrogen-bond donors (Lipinski definition) is 4. The summed E-state index contributed by atoms with van der Waals surface area (Å²) in [6.45, 7) is -1.35. The summed E-state index contributed by atoms with van der Waals surface area (Å²) in [6.07, 6.45) is 2.18. The minimum Gasteiger partial charge on any atom is -0.394 e. The Kier molecular flexibility index (Phi) is 5.90. The van der Waals surface area contributed by atoms with E-state index in [2.05, 4.69) is 5.32 Å². The molecule has 0 radical (unpaired) electrons. The highest BCUT2D eigenvalue weighted by Gasteiger charge is 2.35. The van der Waals surface area contributed by atoms with Gasteiger partial charge in [-0.2, -0.15) is 0 Å². The molecule has 1 unspecified atom stereocenters. The first-order valence-electron chi connectivity index (χ1n) is 6.38. The lowest BCUT2D eigenvalue weighted by Gasteiger charge is -2.34. The Bertz CT molecular complexity index is 426. The zero-order valence-corrected chi connectivity index (χ0v) is 12.3. The predicted octanol–water partition coefficient (Wildman–Crippen LogP) is -2.51. The Labute approximate surface area is 118 Å². The predicted molar refractivity (Wildman–Crippen MR) is 71.3 cm³/mol. The molecule has 1 rings (SSSR count). The molecule has 9 heteroatoms. The molecule has 118 valence electrons. The van der Waals surface area contributed by atoms with E-state index in [1.807, 2.05) is 0 Å². The summed E-state index contributed by atoms with van der Waals surface area (Å²) in [5.74, 6) is -1.03. The molecule has 1 saturated heterocycles. The molecule has 0 saturated carbocycles. The van der Waals surface area contributed by atoms with Gasteiger partial charge in [-0.3, -0.25) is 4.79 Å². The van der Waals surface area contributed by atoms with Gasteiger partial charge in [0.05, 0.1) is 32.0 Å². The average molecular weight is 310 g/mol. The van der Waals surface area contributed by atoms with Crippen molar-refractivity contribution in [3.05, 3.63) is 0 Å². The molecule has 1 aliphatic heterocycles. The molecule has 20 heavy (non-hydrogen) atoms. The molecule has 4 N–H and O–H groups in total. The van der Waals surface area contributed by atoms with Crippen molar-refractivity contribution in [1.82, 2.24) is 9.62 Å². The molecule has 1 atom stereocenters. The van der Waals surface area contributed by atoms with E-state index in [4.69, 9.17) is 15.3 Å². The van der Waals surface area contributed by atoms with Crippen LogP contribution in [0.1, 0.15) is 12.8 Å². The van der Waals surface area contributed by atoms with Crippen molar-refractivity contribution in [3.8, 4) is 0 Å². The number of carbonyl (C=O) groups is 1. The van der Waals surface area contributed by atoms with Gasteiger partial charge in [0, 0.05) is 13.1 Å². The SMILES string of the molecule is CS(=O)(=O)N1CCCC(C(=O)NC(CO)(CO)CO)C1. The Hall–Kier alpha value is -0.740. The van der Waals surface area contributed by atoms with Crippen molar-refractivity contribution in [3.63, 3.8) is 0 Å². The fourth-order valence-corrected chi connectivity index (χ4v) is 3.00. The standard InChI is InChI=1S/C11H22N2O6S/c1-20(18,19)13-4-2-3-9(5-13)10(17)12-11(6-14,7-15)8-16/h9,14-16H,2-8H2,1H3,(H,12,17).